The van der Waals surface area contributed by atoms with Gasteiger partial charge in [0.05, 0.1) is 0 Å². The van der Waals surface area contributed by atoms with Crippen LogP contribution in [0.4, 0.5) is 0 Å². The largest absolute Gasteiger partial charge is 0.212 e. The Morgan fingerprint density at radius 1 is 0.739 bits per heavy atom. The van der Waals surface area contributed by atoms with Gasteiger partial charge in [-0.3, -0.25) is 0 Å². The molecule has 0 bridgehead atoms. The summed E-state index contributed by atoms with van der Waals surface area (Å²) >= 11 is 0. The standard InChI is InChI=1S/2C8H13Si.C2H7Si.ClH.Y/c2*1-9(2,3)8-6-4-5-7-8;1-3-2;;/h2*4-7H,1-3H3;3H,1-2H3;1H;/q2*-1;;;. The van der Waals surface area contributed by atoms with Crippen LogP contribution in [0.15, 0.2) is 48.5 Å². The summed E-state index contributed by atoms with van der Waals surface area (Å²) in [6.07, 6.45) is 0. The molecule has 0 amide bonds. The molecule has 2 aromatic carbocycles. The number of rotatable bonds is 2. The van der Waals surface area contributed by atoms with Gasteiger partial charge >= 0.3 is 0 Å². The first-order valence-electron chi connectivity index (χ1n) is 7.81. The molecular formula is C18H34ClSi3Y-2. The molecule has 0 heterocycles. The van der Waals surface area contributed by atoms with Gasteiger partial charge in [0, 0.05) is 58.4 Å². The van der Waals surface area contributed by atoms with E-state index in [2.05, 4.69) is 101 Å². The molecule has 0 nitrogen and oxygen atoms in total. The Kier molecular flexibility index (Phi) is 17.3. The molecule has 0 aliphatic heterocycles. The molecule has 130 valence electrons. The van der Waals surface area contributed by atoms with E-state index in [0.717, 1.165) is 9.52 Å². The fraction of sp³-hybridized carbons (Fsp3) is 0.444. The predicted octanol–water partition coefficient (Wildman–Crippen LogP) is 4.84. The van der Waals surface area contributed by atoms with Crippen molar-refractivity contribution in [3.05, 3.63) is 48.5 Å². The second-order valence-electron chi connectivity index (χ2n) is 7.42. The maximum Gasteiger partial charge on any atom is 0.0213 e. The van der Waals surface area contributed by atoms with Crippen LogP contribution in [0.25, 0.3) is 0 Å². The summed E-state index contributed by atoms with van der Waals surface area (Å²) in [7, 11) is -1.21. The van der Waals surface area contributed by atoms with Crippen molar-refractivity contribution in [2.45, 2.75) is 52.4 Å². The molecular weight excluding hydrogens is 425 g/mol. The summed E-state index contributed by atoms with van der Waals surface area (Å²) in [6, 6.07) is 17.4. The zero-order valence-corrected chi connectivity index (χ0v) is 23.0. The minimum atomic E-state index is -0.981. The van der Waals surface area contributed by atoms with E-state index >= 15 is 0 Å². The zero-order valence-electron chi connectivity index (χ0n) is 16.2. The van der Waals surface area contributed by atoms with Crippen molar-refractivity contribution in [1.82, 2.24) is 0 Å². The summed E-state index contributed by atoms with van der Waals surface area (Å²) in [5, 5.41) is 3.12. The summed E-state index contributed by atoms with van der Waals surface area (Å²) in [5.41, 5.74) is 0. The molecule has 0 fully saturated rings. The average molecular weight is 459 g/mol. The third kappa shape index (κ3) is 13.7. The molecule has 0 unspecified atom stereocenters. The van der Waals surface area contributed by atoms with Gasteiger partial charge in [0.15, 0.2) is 0 Å². The Morgan fingerprint density at radius 2 is 1.00 bits per heavy atom. The van der Waals surface area contributed by atoms with E-state index in [1.54, 1.807) is 10.4 Å². The van der Waals surface area contributed by atoms with Gasteiger partial charge in [-0.2, -0.15) is 36.4 Å². The van der Waals surface area contributed by atoms with Crippen LogP contribution in [-0.2, 0) is 32.7 Å². The van der Waals surface area contributed by atoms with Crippen LogP contribution in [0.3, 0.4) is 0 Å². The number of halogens is 1. The first-order valence-corrected chi connectivity index (χ1v) is 17.1. The topological polar surface area (TPSA) is 0 Å². The Morgan fingerprint density at radius 3 is 1.09 bits per heavy atom. The van der Waals surface area contributed by atoms with E-state index in [4.69, 9.17) is 0 Å². The zero-order chi connectivity index (χ0) is 16.5. The number of hydrogen-bond acceptors (Lipinski definition) is 0. The molecule has 2 radical (unpaired) electrons. The quantitative estimate of drug-likeness (QED) is 0.446. The minimum Gasteiger partial charge on any atom is -0.212 e. The third-order valence-corrected chi connectivity index (χ3v) is 7.19. The van der Waals surface area contributed by atoms with E-state index < -0.39 is 16.1 Å². The normalized spacial score (nSPS) is 10.1. The van der Waals surface area contributed by atoms with E-state index in [0.29, 0.717) is 0 Å². The second kappa shape index (κ2) is 14.0. The second-order valence-corrected chi connectivity index (χ2v) is 18.7. The summed E-state index contributed by atoms with van der Waals surface area (Å²) in [4.78, 5) is 0. The van der Waals surface area contributed by atoms with Crippen molar-refractivity contribution in [2.24, 2.45) is 0 Å². The Bertz CT molecular complexity index is 407. The van der Waals surface area contributed by atoms with Gasteiger partial charge in [-0.1, -0.05) is 52.4 Å². The van der Waals surface area contributed by atoms with Crippen molar-refractivity contribution in [1.29, 1.82) is 0 Å². The molecule has 0 N–H and O–H groups in total. The summed E-state index contributed by atoms with van der Waals surface area (Å²) in [6.45, 7) is 18.6. The fourth-order valence-corrected chi connectivity index (χ4v) is 4.13. The Labute approximate surface area is 180 Å². The van der Waals surface area contributed by atoms with Gasteiger partial charge in [-0.05, 0) is 0 Å². The molecule has 0 aliphatic carbocycles. The van der Waals surface area contributed by atoms with Gasteiger partial charge in [-0.15, -0.1) is 12.4 Å². The van der Waals surface area contributed by atoms with Crippen molar-refractivity contribution in [3.8, 4) is 0 Å². The van der Waals surface area contributed by atoms with Gasteiger partial charge in [0.25, 0.3) is 0 Å². The van der Waals surface area contributed by atoms with Gasteiger partial charge in [0.2, 0.25) is 0 Å². The van der Waals surface area contributed by atoms with E-state index in [-0.39, 0.29) is 45.1 Å². The van der Waals surface area contributed by atoms with Crippen molar-refractivity contribution in [2.75, 3.05) is 0 Å². The SMILES string of the molecule is C[SiH]C.C[Si](C)(C)c1cc[cH-]c1.C[Si](C)(C)c1cc[cH-]c1.Cl.[Y]. The first kappa shape index (κ1) is 28.5. The van der Waals surface area contributed by atoms with Crippen LogP contribution in [0.5, 0.6) is 0 Å². The first-order chi connectivity index (χ1) is 9.62. The maximum atomic E-state index is 2.36. The molecule has 2 rings (SSSR count). The van der Waals surface area contributed by atoms with E-state index in [1.807, 2.05) is 0 Å². The number of hydrogen-bond donors (Lipinski definition) is 0. The van der Waals surface area contributed by atoms with Gasteiger partial charge in [0.1, 0.15) is 0 Å². The molecule has 2 aromatic rings. The van der Waals surface area contributed by atoms with Crippen molar-refractivity contribution < 1.29 is 32.7 Å². The summed E-state index contributed by atoms with van der Waals surface area (Å²) in [5.74, 6) is 0. The molecule has 0 atom stereocenters. The van der Waals surface area contributed by atoms with Gasteiger partial charge < -0.3 is 0 Å². The molecule has 0 spiro atoms. The third-order valence-electron chi connectivity index (χ3n) is 3.06. The molecule has 0 saturated carbocycles. The molecule has 0 aliphatic rings. The molecule has 0 aromatic heterocycles. The van der Waals surface area contributed by atoms with E-state index in [9.17, 15) is 0 Å². The fourth-order valence-electron chi connectivity index (χ4n) is 1.75. The molecule has 23 heavy (non-hydrogen) atoms. The smallest absolute Gasteiger partial charge is 0.0213 e. The van der Waals surface area contributed by atoms with Crippen LogP contribution in [0.2, 0.25) is 52.4 Å². The van der Waals surface area contributed by atoms with E-state index in [1.165, 1.54) is 0 Å². The Hall–Kier alpha value is 0.745. The predicted molar refractivity (Wildman–Crippen MR) is 116 cm³/mol. The van der Waals surface area contributed by atoms with Crippen molar-refractivity contribution in [3.63, 3.8) is 0 Å². The van der Waals surface area contributed by atoms with Gasteiger partial charge in [-0.25, -0.2) is 22.5 Å². The van der Waals surface area contributed by atoms with Crippen LogP contribution < -0.4 is 10.4 Å². The van der Waals surface area contributed by atoms with Crippen LogP contribution in [-0.4, -0.2) is 25.7 Å². The van der Waals surface area contributed by atoms with Crippen molar-refractivity contribution >= 4 is 48.4 Å². The van der Waals surface area contributed by atoms with Crippen LogP contribution in [0.1, 0.15) is 0 Å². The maximum absolute atomic E-state index is 2.36. The average Bonchev–Trinajstić information content (AvgIpc) is 3.03. The van der Waals surface area contributed by atoms with Crippen LogP contribution >= 0.6 is 12.4 Å². The monoisotopic (exact) mass is 458 g/mol. The molecule has 5 heteroatoms. The molecule has 0 saturated heterocycles. The summed E-state index contributed by atoms with van der Waals surface area (Å²) < 4.78 is 0. The minimum absolute atomic E-state index is 0. The Balaban J connectivity index is -0.000000277. The van der Waals surface area contributed by atoms with Crippen LogP contribution in [0, 0.1) is 0 Å².